The Morgan fingerprint density at radius 2 is 2.05 bits per heavy atom. The van der Waals surface area contributed by atoms with E-state index >= 15 is 0 Å². The second-order valence-corrected chi connectivity index (χ2v) is 5.08. The Bertz CT molecular complexity index is 546. The third-order valence-corrected chi connectivity index (χ3v) is 3.59. The molecule has 0 aromatic rings. The number of hydrogen-bond acceptors (Lipinski definition) is 11. The third-order valence-electron chi connectivity index (χ3n) is 3.59. The van der Waals surface area contributed by atoms with Gasteiger partial charge in [-0.15, -0.1) is 0 Å². The van der Waals surface area contributed by atoms with Gasteiger partial charge in [0.05, 0.1) is 6.61 Å². The molecule has 0 amide bonds. The maximum absolute atomic E-state index is 10.0. The SMILES string of the molecule is NC1=NC(N)(N)C2=NCN([C@@H]3O[C@H](CO)[C@@H](O)[C@H]3O)C2=N1. The summed E-state index contributed by atoms with van der Waals surface area (Å²) in [6, 6.07) is 0. The van der Waals surface area contributed by atoms with Crippen LogP contribution in [0, 0.1) is 0 Å². The number of aliphatic hydroxyl groups is 3. The Morgan fingerprint density at radius 3 is 2.67 bits per heavy atom. The molecule has 0 saturated carbocycles. The minimum atomic E-state index is -1.60. The lowest BCUT2D eigenvalue weighted by atomic mass is 10.1. The van der Waals surface area contributed by atoms with Crippen LogP contribution in [-0.2, 0) is 4.74 Å². The normalized spacial score (nSPS) is 38.0. The highest BCUT2D eigenvalue weighted by Crippen LogP contribution is 2.28. The first-order valence-electron chi connectivity index (χ1n) is 6.31. The summed E-state index contributed by atoms with van der Waals surface area (Å²) in [7, 11) is 0. The number of fused-ring (bicyclic) bond motifs is 1. The van der Waals surface area contributed by atoms with Crippen molar-refractivity contribution >= 4 is 17.5 Å². The molecule has 1 saturated heterocycles. The Labute approximate surface area is 119 Å². The first-order chi connectivity index (χ1) is 9.85. The molecule has 3 aliphatic heterocycles. The van der Waals surface area contributed by atoms with Crippen LogP contribution in [0.2, 0.25) is 0 Å². The lowest BCUT2D eigenvalue weighted by Gasteiger charge is -2.31. The van der Waals surface area contributed by atoms with Crippen LogP contribution < -0.4 is 17.2 Å². The van der Waals surface area contributed by atoms with Crippen molar-refractivity contribution in [2.45, 2.75) is 30.3 Å². The molecule has 0 aliphatic carbocycles. The fourth-order valence-electron chi connectivity index (χ4n) is 2.56. The smallest absolute Gasteiger partial charge is 0.220 e. The molecule has 3 rings (SSSR count). The minimum Gasteiger partial charge on any atom is -0.394 e. The lowest BCUT2D eigenvalue weighted by molar-refractivity contribution is -0.0688. The quantitative estimate of drug-likeness (QED) is 0.275. The number of guanidine groups is 1. The molecule has 0 aromatic carbocycles. The van der Waals surface area contributed by atoms with Crippen molar-refractivity contribution in [3.63, 3.8) is 0 Å². The highest BCUT2D eigenvalue weighted by atomic mass is 16.6. The molecule has 116 valence electrons. The second kappa shape index (κ2) is 4.69. The van der Waals surface area contributed by atoms with E-state index in [1.807, 2.05) is 0 Å². The van der Waals surface area contributed by atoms with Crippen molar-refractivity contribution < 1.29 is 20.1 Å². The number of hydrogen-bond donors (Lipinski definition) is 6. The Morgan fingerprint density at radius 1 is 1.33 bits per heavy atom. The van der Waals surface area contributed by atoms with Crippen LogP contribution in [0.3, 0.4) is 0 Å². The molecule has 0 aromatic heterocycles. The number of nitrogens with zero attached hydrogens (tertiary/aromatic N) is 4. The van der Waals surface area contributed by atoms with Gasteiger partial charge in [0.25, 0.3) is 0 Å². The predicted octanol–water partition coefficient (Wildman–Crippen LogP) is -4.56. The fraction of sp³-hybridized carbons (Fsp3) is 0.700. The molecule has 9 N–H and O–H groups in total. The van der Waals surface area contributed by atoms with Gasteiger partial charge in [0.15, 0.2) is 12.1 Å². The van der Waals surface area contributed by atoms with E-state index in [1.165, 1.54) is 4.90 Å². The van der Waals surface area contributed by atoms with Gasteiger partial charge in [-0.1, -0.05) is 0 Å². The number of aliphatic hydroxyl groups excluding tert-OH is 3. The minimum absolute atomic E-state index is 0.0692. The summed E-state index contributed by atoms with van der Waals surface area (Å²) in [4.78, 5) is 13.4. The van der Waals surface area contributed by atoms with Crippen LogP contribution in [0.1, 0.15) is 0 Å². The maximum Gasteiger partial charge on any atom is 0.220 e. The number of amidine groups is 1. The summed E-state index contributed by atoms with van der Waals surface area (Å²) in [5.41, 5.74) is 17.4. The van der Waals surface area contributed by atoms with Crippen molar-refractivity contribution in [1.82, 2.24) is 4.90 Å². The molecule has 11 heteroatoms. The van der Waals surface area contributed by atoms with Crippen LogP contribution in [0.15, 0.2) is 15.0 Å². The van der Waals surface area contributed by atoms with E-state index in [4.69, 9.17) is 27.0 Å². The van der Waals surface area contributed by atoms with E-state index in [-0.39, 0.29) is 24.2 Å². The van der Waals surface area contributed by atoms with Gasteiger partial charge >= 0.3 is 0 Å². The third kappa shape index (κ3) is 2.10. The van der Waals surface area contributed by atoms with Crippen molar-refractivity contribution in [2.75, 3.05) is 13.3 Å². The van der Waals surface area contributed by atoms with Crippen molar-refractivity contribution in [1.29, 1.82) is 0 Å². The molecule has 0 unspecified atom stereocenters. The van der Waals surface area contributed by atoms with E-state index in [0.29, 0.717) is 0 Å². The second-order valence-electron chi connectivity index (χ2n) is 5.08. The van der Waals surface area contributed by atoms with Crippen molar-refractivity contribution in [2.24, 2.45) is 32.2 Å². The summed E-state index contributed by atoms with van der Waals surface area (Å²) in [6.07, 6.45) is -4.31. The van der Waals surface area contributed by atoms with Crippen LogP contribution >= 0.6 is 0 Å². The summed E-state index contributed by atoms with van der Waals surface area (Å²) in [5, 5.41) is 29.0. The van der Waals surface area contributed by atoms with E-state index in [1.54, 1.807) is 0 Å². The number of nitrogens with two attached hydrogens (primary N) is 3. The van der Waals surface area contributed by atoms with Gasteiger partial charge in [-0.2, -0.15) is 4.99 Å². The molecule has 0 radical (unpaired) electrons. The molecule has 21 heavy (non-hydrogen) atoms. The van der Waals surface area contributed by atoms with Crippen LogP contribution in [0.5, 0.6) is 0 Å². The molecular weight excluding hydrogens is 282 g/mol. The summed E-state index contributed by atoms with van der Waals surface area (Å²) in [6.45, 7) is -0.357. The lowest BCUT2D eigenvalue weighted by Crippen LogP contribution is -2.62. The largest absolute Gasteiger partial charge is 0.394 e. The van der Waals surface area contributed by atoms with E-state index in [9.17, 15) is 10.2 Å². The molecule has 1 fully saturated rings. The number of rotatable bonds is 2. The summed E-state index contributed by atoms with van der Waals surface area (Å²) >= 11 is 0. The molecule has 3 heterocycles. The average Bonchev–Trinajstić information content (AvgIpc) is 2.93. The first kappa shape index (κ1) is 14.3. The standard InChI is InChI=1S/C10H17N7O4/c11-9-15-7-6(10(12,13)16-9)14-2-17(7)8-5(20)4(19)3(1-18)21-8/h3-5,8,18-20H,1-2,12-13H2,(H2,11,16)/t3-,4-,5-,8-/m1/s1. The highest BCUT2D eigenvalue weighted by molar-refractivity contribution is 6.47. The van der Waals surface area contributed by atoms with Gasteiger partial charge < -0.3 is 30.7 Å². The summed E-state index contributed by atoms with van der Waals surface area (Å²) < 4.78 is 5.43. The zero-order valence-corrected chi connectivity index (χ0v) is 11.0. The zero-order chi connectivity index (χ0) is 15.4. The Hall–Kier alpha value is -1.63. The molecule has 3 aliphatic rings. The topological polar surface area (TPSA) is 188 Å². The van der Waals surface area contributed by atoms with Gasteiger partial charge in [-0.05, 0) is 0 Å². The fourth-order valence-corrected chi connectivity index (χ4v) is 2.56. The van der Waals surface area contributed by atoms with E-state index in [2.05, 4.69) is 15.0 Å². The van der Waals surface area contributed by atoms with Crippen LogP contribution in [0.25, 0.3) is 0 Å². The van der Waals surface area contributed by atoms with Gasteiger partial charge in [0.1, 0.15) is 30.7 Å². The Kier molecular flexibility index (Phi) is 3.20. The highest BCUT2D eigenvalue weighted by Gasteiger charge is 2.50. The molecule has 0 bridgehead atoms. The first-order valence-corrected chi connectivity index (χ1v) is 6.31. The van der Waals surface area contributed by atoms with Crippen molar-refractivity contribution in [3.8, 4) is 0 Å². The number of aliphatic imine (C=N–C) groups is 3. The Balaban J connectivity index is 1.89. The van der Waals surface area contributed by atoms with Gasteiger partial charge in [0.2, 0.25) is 11.7 Å². The molecule has 11 nitrogen and oxygen atoms in total. The average molecular weight is 299 g/mol. The zero-order valence-electron chi connectivity index (χ0n) is 11.0. The van der Waals surface area contributed by atoms with Gasteiger partial charge in [-0.25, -0.2) is 4.99 Å². The molecule has 4 atom stereocenters. The van der Waals surface area contributed by atoms with Gasteiger partial charge in [0, 0.05) is 0 Å². The summed E-state index contributed by atoms with van der Waals surface area (Å²) in [5.74, 6) is -1.48. The van der Waals surface area contributed by atoms with Gasteiger partial charge in [-0.3, -0.25) is 16.5 Å². The molecule has 0 spiro atoms. The van der Waals surface area contributed by atoms with E-state index in [0.717, 1.165) is 0 Å². The van der Waals surface area contributed by atoms with E-state index < -0.39 is 36.9 Å². The predicted molar refractivity (Wildman–Crippen MR) is 72.1 cm³/mol. The van der Waals surface area contributed by atoms with Crippen LogP contribution in [0.4, 0.5) is 0 Å². The molecular formula is C10H17N7O4. The van der Waals surface area contributed by atoms with Crippen molar-refractivity contribution in [3.05, 3.63) is 0 Å². The number of ether oxygens (including phenoxy) is 1. The maximum atomic E-state index is 10.0. The monoisotopic (exact) mass is 299 g/mol. The van der Waals surface area contributed by atoms with Crippen LogP contribution in [-0.4, -0.2) is 81.3 Å².